The lowest BCUT2D eigenvalue weighted by atomic mass is 10.1. The quantitative estimate of drug-likeness (QED) is 0.272. The molecule has 0 aliphatic rings. The van der Waals surface area contributed by atoms with E-state index >= 15 is 4.39 Å². The third-order valence-corrected chi connectivity index (χ3v) is 6.15. The Kier molecular flexibility index (Phi) is 9.67. The van der Waals surface area contributed by atoms with Crippen molar-refractivity contribution in [1.82, 2.24) is 30.3 Å². The van der Waals surface area contributed by atoms with Crippen LogP contribution in [-0.2, 0) is 4.74 Å². The van der Waals surface area contributed by atoms with Crippen LogP contribution >= 0.6 is 11.8 Å². The van der Waals surface area contributed by atoms with Crippen LogP contribution in [0.15, 0.2) is 30.7 Å². The Morgan fingerprint density at radius 1 is 1.21 bits per heavy atom. The van der Waals surface area contributed by atoms with E-state index in [0.717, 1.165) is 11.8 Å². The van der Waals surface area contributed by atoms with Crippen LogP contribution in [0.1, 0.15) is 50.2 Å². The third-order valence-electron chi connectivity index (χ3n) is 5.50. The molecular formula is C25H34FN9O3S. The summed E-state index contributed by atoms with van der Waals surface area (Å²) in [6.07, 6.45) is 6.57. The van der Waals surface area contributed by atoms with E-state index in [0.29, 0.717) is 23.5 Å². The average Bonchev–Trinajstić information content (AvgIpc) is 3.37. The van der Waals surface area contributed by atoms with Crippen molar-refractivity contribution in [2.24, 2.45) is 5.73 Å². The van der Waals surface area contributed by atoms with Crippen molar-refractivity contribution in [3.63, 3.8) is 0 Å². The predicted molar refractivity (Wildman–Crippen MR) is 149 cm³/mol. The summed E-state index contributed by atoms with van der Waals surface area (Å²) in [5.41, 5.74) is 6.46. The summed E-state index contributed by atoms with van der Waals surface area (Å²) >= 11 is 1.61. The van der Waals surface area contributed by atoms with Crippen LogP contribution in [0, 0.1) is 12.7 Å². The predicted octanol–water partition coefficient (Wildman–Crippen LogP) is 3.79. The molecule has 3 heterocycles. The second kappa shape index (κ2) is 12.7. The van der Waals surface area contributed by atoms with Crippen molar-refractivity contribution in [2.45, 2.75) is 58.7 Å². The van der Waals surface area contributed by atoms with Gasteiger partial charge in [0.25, 0.3) is 5.91 Å². The van der Waals surface area contributed by atoms with Gasteiger partial charge in [-0.1, -0.05) is 0 Å². The molecule has 0 spiro atoms. The van der Waals surface area contributed by atoms with Gasteiger partial charge in [-0.2, -0.15) is 22.0 Å². The summed E-state index contributed by atoms with van der Waals surface area (Å²) in [6, 6.07) is 1.90. The van der Waals surface area contributed by atoms with Crippen molar-refractivity contribution in [1.29, 1.82) is 0 Å². The number of amides is 2. The van der Waals surface area contributed by atoms with Crippen LogP contribution in [0.5, 0.6) is 0 Å². The number of carbonyl (C=O) groups is 2. The molecule has 0 saturated heterocycles. The summed E-state index contributed by atoms with van der Waals surface area (Å²) in [5.74, 6) is -0.961. The monoisotopic (exact) mass is 559 g/mol. The number of hydrogen-bond acceptors (Lipinski definition) is 10. The Hall–Kier alpha value is -3.94. The highest BCUT2D eigenvalue weighted by molar-refractivity contribution is 7.98. The highest BCUT2D eigenvalue weighted by atomic mass is 32.2. The number of carbonyl (C=O) groups excluding carboxylic acids is 2. The summed E-state index contributed by atoms with van der Waals surface area (Å²) in [5, 5.41) is 17.1. The van der Waals surface area contributed by atoms with Crippen molar-refractivity contribution in [2.75, 3.05) is 22.6 Å². The molecule has 0 fully saturated rings. The van der Waals surface area contributed by atoms with Crippen LogP contribution in [-0.4, -0.2) is 66.7 Å². The number of anilines is 3. The number of pyridine rings is 2. The molecule has 0 saturated carbocycles. The molecule has 3 aromatic rings. The van der Waals surface area contributed by atoms with Gasteiger partial charge in [0.15, 0.2) is 11.6 Å². The number of primary amides is 1. The standard InChI is InChI=1S/C25H34FN9O3S/c1-14(31-24(37)38-25(3,4)5)19(7-10-39-6)33-23-18(26)12-17(21(27)36)22(34-23)32-16-11-20(15(2)28-13-16)35-29-8-9-30-35/h8-9,11-14,19H,7,10H2,1-6H3,(H2,27,36)(H,31,37)(H2,32,33,34)/t14-,19+/m0/s1. The Morgan fingerprint density at radius 2 is 1.90 bits per heavy atom. The molecular weight excluding hydrogens is 525 g/mol. The van der Waals surface area contributed by atoms with Gasteiger partial charge in [0.1, 0.15) is 17.1 Å². The minimum Gasteiger partial charge on any atom is -0.444 e. The second-order valence-electron chi connectivity index (χ2n) is 9.82. The Balaban J connectivity index is 1.90. The van der Waals surface area contributed by atoms with E-state index in [4.69, 9.17) is 10.5 Å². The lowest BCUT2D eigenvalue weighted by molar-refractivity contribution is 0.0503. The summed E-state index contributed by atoms with van der Waals surface area (Å²) in [7, 11) is 0. The number of nitrogens with one attached hydrogen (secondary N) is 3. The SMILES string of the molecule is CSCC[C@@H](Nc1nc(Nc2cnc(C)c(-n3nccn3)c2)c(C(N)=O)cc1F)[C@H](C)NC(=O)OC(C)(C)C. The van der Waals surface area contributed by atoms with E-state index in [-0.39, 0.29) is 17.2 Å². The van der Waals surface area contributed by atoms with Gasteiger partial charge in [-0.05, 0) is 65.2 Å². The van der Waals surface area contributed by atoms with Gasteiger partial charge in [0, 0.05) is 12.1 Å². The van der Waals surface area contributed by atoms with E-state index in [2.05, 4.69) is 36.1 Å². The van der Waals surface area contributed by atoms with Crippen molar-refractivity contribution in [3.05, 3.63) is 47.8 Å². The molecule has 0 aliphatic carbocycles. The third kappa shape index (κ3) is 8.27. The molecule has 5 N–H and O–H groups in total. The molecule has 0 bridgehead atoms. The number of rotatable bonds is 11. The normalized spacial score (nSPS) is 12.9. The molecule has 2 atom stereocenters. The number of ether oxygens (including phenoxy) is 1. The fourth-order valence-electron chi connectivity index (χ4n) is 3.60. The molecule has 12 nitrogen and oxygen atoms in total. The van der Waals surface area contributed by atoms with Gasteiger partial charge in [-0.25, -0.2) is 14.2 Å². The number of aromatic nitrogens is 5. The number of hydrogen-bond donors (Lipinski definition) is 4. The first-order chi connectivity index (χ1) is 18.4. The Morgan fingerprint density at radius 3 is 2.51 bits per heavy atom. The first-order valence-corrected chi connectivity index (χ1v) is 13.6. The van der Waals surface area contributed by atoms with E-state index in [1.54, 1.807) is 58.6 Å². The van der Waals surface area contributed by atoms with Crippen molar-refractivity contribution >= 4 is 41.1 Å². The molecule has 0 radical (unpaired) electrons. The van der Waals surface area contributed by atoms with Crippen LogP contribution < -0.4 is 21.7 Å². The lowest BCUT2D eigenvalue weighted by Crippen LogP contribution is -2.47. The number of halogens is 1. The van der Waals surface area contributed by atoms with Crippen LogP contribution in [0.2, 0.25) is 0 Å². The Labute approximate surface area is 230 Å². The molecule has 0 aromatic carbocycles. The first kappa shape index (κ1) is 29.6. The van der Waals surface area contributed by atoms with Gasteiger partial charge >= 0.3 is 6.09 Å². The largest absolute Gasteiger partial charge is 0.444 e. The van der Waals surface area contributed by atoms with Crippen LogP contribution in [0.4, 0.5) is 26.5 Å². The van der Waals surface area contributed by atoms with Crippen LogP contribution in [0.3, 0.4) is 0 Å². The fourth-order valence-corrected chi connectivity index (χ4v) is 4.09. The number of aryl methyl sites for hydroxylation is 1. The fraction of sp³-hybridized carbons (Fsp3) is 0.440. The van der Waals surface area contributed by atoms with Crippen molar-refractivity contribution < 1.29 is 18.7 Å². The number of thioether (sulfide) groups is 1. The number of nitrogens with two attached hydrogens (primary N) is 1. The van der Waals surface area contributed by atoms with E-state index < -0.39 is 35.5 Å². The Bertz CT molecular complexity index is 1300. The minimum absolute atomic E-state index is 0.0350. The van der Waals surface area contributed by atoms with E-state index in [1.165, 1.54) is 17.2 Å². The molecule has 2 amide bonds. The molecule has 0 unspecified atom stereocenters. The van der Waals surface area contributed by atoms with E-state index in [1.807, 2.05) is 6.26 Å². The van der Waals surface area contributed by atoms with Gasteiger partial charge in [-0.15, -0.1) is 4.80 Å². The zero-order valence-corrected chi connectivity index (χ0v) is 23.6. The maximum Gasteiger partial charge on any atom is 0.407 e. The topological polar surface area (TPSA) is 162 Å². The summed E-state index contributed by atoms with van der Waals surface area (Å²) in [4.78, 5) is 34.6. The lowest BCUT2D eigenvalue weighted by Gasteiger charge is -2.28. The smallest absolute Gasteiger partial charge is 0.407 e. The average molecular weight is 560 g/mol. The van der Waals surface area contributed by atoms with Gasteiger partial charge in [0.05, 0.1) is 35.5 Å². The maximum atomic E-state index is 15.2. The highest BCUT2D eigenvalue weighted by Crippen LogP contribution is 2.26. The van der Waals surface area contributed by atoms with Crippen LogP contribution in [0.25, 0.3) is 5.69 Å². The molecule has 3 aromatic heterocycles. The molecule has 3 rings (SSSR count). The maximum absolute atomic E-state index is 15.2. The molecule has 210 valence electrons. The minimum atomic E-state index is -0.858. The van der Waals surface area contributed by atoms with E-state index in [9.17, 15) is 9.59 Å². The zero-order valence-electron chi connectivity index (χ0n) is 22.8. The van der Waals surface area contributed by atoms with Gasteiger partial charge in [0.2, 0.25) is 0 Å². The molecule has 39 heavy (non-hydrogen) atoms. The highest BCUT2D eigenvalue weighted by Gasteiger charge is 2.25. The van der Waals surface area contributed by atoms with Gasteiger partial charge in [-0.3, -0.25) is 9.78 Å². The number of alkyl carbamates (subject to hydrolysis) is 1. The molecule has 0 aliphatic heterocycles. The summed E-state index contributed by atoms with van der Waals surface area (Å²) in [6.45, 7) is 8.91. The number of nitrogens with zero attached hydrogens (tertiary/aromatic N) is 5. The molecule has 14 heteroatoms. The summed E-state index contributed by atoms with van der Waals surface area (Å²) < 4.78 is 20.5. The van der Waals surface area contributed by atoms with Gasteiger partial charge < -0.3 is 26.4 Å². The first-order valence-electron chi connectivity index (χ1n) is 12.2. The zero-order chi connectivity index (χ0) is 28.7. The van der Waals surface area contributed by atoms with Crippen molar-refractivity contribution in [3.8, 4) is 5.69 Å². The second-order valence-corrected chi connectivity index (χ2v) is 10.8.